The SMILES string of the molecule is CCC(CC)OC1C=C(Br)C[C@H](NC(=O)OC(C)(C)C)C1NC(C)=O. The first-order valence-corrected chi connectivity index (χ1v) is 9.63. The third-order valence-corrected chi connectivity index (χ3v) is 4.47. The predicted molar refractivity (Wildman–Crippen MR) is 102 cm³/mol. The van der Waals surface area contributed by atoms with Crippen molar-refractivity contribution in [1.29, 1.82) is 0 Å². The van der Waals surface area contributed by atoms with Gasteiger partial charge < -0.3 is 20.1 Å². The van der Waals surface area contributed by atoms with Gasteiger partial charge in [-0.05, 0) is 44.2 Å². The summed E-state index contributed by atoms with van der Waals surface area (Å²) >= 11 is 3.52. The van der Waals surface area contributed by atoms with Crippen molar-refractivity contribution in [3.63, 3.8) is 0 Å². The molecule has 0 aromatic carbocycles. The number of nitrogens with one attached hydrogen (secondary N) is 2. The molecule has 2 unspecified atom stereocenters. The van der Waals surface area contributed by atoms with Crippen molar-refractivity contribution < 1.29 is 19.1 Å². The van der Waals surface area contributed by atoms with E-state index in [4.69, 9.17) is 9.47 Å². The monoisotopic (exact) mass is 418 g/mol. The number of halogens is 1. The highest BCUT2D eigenvalue weighted by molar-refractivity contribution is 9.11. The number of amides is 2. The van der Waals surface area contributed by atoms with E-state index in [9.17, 15) is 9.59 Å². The van der Waals surface area contributed by atoms with Gasteiger partial charge in [0.1, 0.15) is 5.60 Å². The topological polar surface area (TPSA) is 76.7 Å². The Hall–Kier alpha value is -1.08. The van der Waals surface area contributed by atoms with Crippen molar-refractivity contribution in [2.45, 2.75) is 90.7 Å². The number of ether oxygens (including phenoxy) is 2. The van der Waals surface area contributed by atoms with Crippen LogP contribution in [-0.4, -0.2) is 41.9 Å². The van der Waals surface area contributed by atoms with Gasteiger partial charge >= 0.3 is 6.09 Å². The number of hydrogen-bond donors (Lipinski definition) is 2. The first kappa shape index (κ1) is 22.0. The van der Waals surface area contributed by atoms with Crippen LogP contribution in [0.5, 0.6) is 0 Å². The van der Waals surface area contributed by atoms with E-state index in [-0.39, 0.29) is 30.2 Å². The maximum atomic E-state index is 12.2. The molecule has 6 nitrogen and oxygen atoms in total. The van der Waals surface area contributed by atoms with Gasteiger partial charge in [0.05, 0.1) is 24.3 Å². The van der Waals surface area contributed by atoms with Crippen LogP contribution in [0.15, 0.2) is 10.6 Å². The van der Waals surface area contributed by atoms with Crippen LogP contribution in [-0.2, 0) is 14.3 Å². The zero-order valence-electron chi connectivity index (χ0n) is 16.0. The molecule has 25 heavy (non-hydrogen) atoms. The van der Waals surface area contributed by atoms with Crippen LogP contribution in [0.2, 0.25) is 0 Å². The molecule has 2 N–H and O–H groups in total. The van der Waals surface area contributed by atoms with Crippen LogP contribution in [0.4, 0.5) is 4.79 Å². The van der Waals surface area contributed by atoms with Crippen LogP contribution in [0.1, 0.15) is 60.8 Å². The molecule has 0 aromatic rings. The van der Waals surface area contributed by atoms with Gasteiger partial charge in [0.25, 0.3) is 0 Å². The van der Waals surface area contributed by atoms with Crippen molar-refractivity contribution in [3.8, 4) is 0 Å². The summed E-state index contributed by atoms with van der Waals surface area (Å²) in [4.78, 5) is 23.9. The molecule has 0 saturated carbocycles. The second-order valence-electron chi connectivity index (χ2n) is 7.34. The lowest BCUT2D eigenvalue weighted by molar-refractivity contribution is -0.121. The highest BCUT2D eigenvalue weighted by Crippen LogP contribution is 2.27. The van der Waals surface area contributed by atoms with E-state index >= 15 is 0 Å². The van der Waals surface area contributed by atoms with E-state index in [0.717, 1.165) is 17.3 Å². The molecular weight excluding hydrogens is 388 g/mol. The Bertz CT molecular complexity index is 498. The number of rotatable bonds is 6. The number of alkyl carbamates (subject to hydrolysis) is 1. The van der Waals surface area contributed by atoms with Crippen molar-refractivity contribution in [2.75, 3.05) is 0 Å². The summed E-state index contributed by atoms with van der Waals surface area (Å²) in [5.41, 5.74) is -0.583. The average Bonchev–Trinajstić information content (AvgIpc) is 2.45. The largest absolute Gasteiger partial charge is 0.444 e. The van der Waals surface area contributed by atoms with Gasteiger partial charge in [-0.15, -0.1) is 0 Å². The van der Waals surface area contributed by atoms with Gasteiger partial charge in [-0.3, -0.25) is 4.79 Å². The maximum Gasteiger partial charge on any atom is 0.407 e. The van der Waals surface area contributed by atoms with Crippen LogP contribution in [0, 0.1) is 0 Å². The van der Waals surface area contributed by atoms with Crippen LogP contribution >= 0.6 is 15.9 Å². The molecular formula is C18H31BrN2O4. The van der Waals surface area contributed by atoms with Gasteiger partial charge in [0, 0.05) is 13.3 Å². The lowest BCUT2D eigenvalue weighted by Crippen LogP contribution is -2.59. The lowest BCUT2D eigenvalue weighted by Gasteiger charge is -2.38. The molecule has 3 atom stereocenters. The second kappa shape index (κ2) is 9.57. The Morgan fingerprint density at radius 3 is 2.36 bits per heavy atom. The van der Waals surface area contributed by atoms with Gasteiger partial charge in [0.15, 0.2) is 0 Å². The third-order valence-electron chi connectivity index (χ3n) is 3.88. The molecule has 0 heterocycles. The summed E-state index contributed by atoms with van der Waals surface area (Å²) in [6.45, 7) is 11.0. The Balaban J connectivity index is 2.95. The molecule has 0 aromatic heterocycles. The Morgan fingerprint density at radius 1 is 1.28 bits per heavy atom. The van der Waals surface area contributed by atoms with Crippen molar-refractivity contribution in [3.05, 3.63) is 10.6 Å². The highest BCUT2D eigenvalue weighted by atomic mass is 79.9. The molecule has 7 heteroatoms. The standard InChI is InChI=1S/C18H31BrN2O4/c1-7-13(8-2)24-15-10-12(19)9-14(16(15)20-11(3)22)21-17(23)25-18(4,5)6/h10,13-16H,7-9H2,1-6H3,(H,20,22)(H,21,23)/t14-,15?,16?/m0/s1. The average molecular weight is 419 g/mol. The van der Waals surface area contributed by atoms with Crippen LogP contribution in [0.25, 0.3) is 0 Å². The summed E-state index contributed by atoms with van der Waals surface area (Å²) in [6.07, 6.45) is 3.57. The van der Waals surface area contributed by atoms with Gasteiger partial charge in [0.2, 0.25) is 5.91 Å². The van der Waals surface area contributed by atoms with Crippen LogP contribution < -0.4 is 10.6 Å². The lowest BCUT2D eigenvalue weighted by atomic mass is 9.92. The first-order chi connectivity index (χ1) is 11.6. The van der Waals surface area contributed by atoms with Crippen LogP contribution in [0.3, 0.4) is 0 Å². The quantitative estimate of drug-likeness (QED) is 0.689. The summed E-state index contributed by atoms with van der Waals surface area (Å²) in [6, 6.07) is -0.676. The molecule has 1 aliphatic carbocycles. The summed E-state index contributed by atoms with van der Waals surface area (Å²) in [5, 5.41) is 5.80. The second-order valence-corrected chi connectivity index (χ2v) is 8.35. The van der Waals surface area contributed by atoms with Gasteiger partial charge in [-0.2, -0.15) is 0 Å². The number of carbonyl (C=O) groups is 2. The van der Waals surface area contributed by atoms with Crippen molar-refractivity contribution >= 4 is 27.9 Å². The van der Waals surface area contributed by atoms with Gasteiger partial charge in [-0.1, -0.05) is 29.8 Å². The summed E-state index contributed by atoms with van der Waals surface area (Å²) in [7, 11) is 0. The molecule has 2 amide bonds. The maximum absolute atomic E-state index is 12.2. The number of hydrogen-bond acceptors (Lipinski definition) is 4. The molecule has 0 fully saturated rings. The Labute approximate surface area is 159 Å². The fraction of sp³-hybridized carbons (Fsp3) is 0.778. The molecule has 1 aliphatic rings. The predicted octanol–water partition coefficient (Wildman–Crippen LogP) is 3.64. The molecule has 0 radical (unpaired) electrons. The molecule has 0 saturated heterocycles. The molecule has 0 bridgehead atoms. The molecule has 0 spiro atoms. The minimum Gasteiger partial charge on any atom is -0.444 e. The Morgan fingerprint density at radius 2 is 1.88 bits per heavy atom. The Kier molecular flexibility index (Phi) is 8.41. The molecule has 0 aliphatic heterocycles. The first-order valence-electron chi connectivity index (χ1n) is 8.84. The van der Waals surface area contributed by atoms with E-state index in [2.05, 4.69) is 40.4 Å². The van der Waals surface area contributed by atoms with E-state index in [0.29, 0.717) is 6.42 Å². The normalized spacial score (nSPS) is 23.8. The fourth-order valence-electron chi connectivity index (χ4n) is 2.76. The highest BCUT2D eigenvalue weighted by Gasteiger charge is 2.37. The van der Waals surface area contributed by atoms with E-state index < -0.39 is 11.7 Å². The number of carbonyl (C=O) groups excluding carboxylic acids is 2. The van der Waals surface area contributed by atoms with Crippen molar-refractivity contribution in [2.24, 2.45) is 0 Å². The minimum atomic E-state index is -0.583. The third kappa shape index (κ3) is 7.77. The zero-order valence-corrected chi connectivity index (χ0v) is 17.6. The zero-order chi connectivity index (χ0) is 19.2. The van der Waals surface area contributed by atoms with E-state index in [1.807, 2.05) is 26.8 Å². The van der Waals surface area contributed by atoms with E-state index in [1.54, 1.807) is 0 Å². The summed E-state index contributed by atoms with van der Waals surface area (Å²) in [5.74, 6) is -0.162. The molecule has 144 valence electrons. The minimum absolute atomic E-state index is 0.0954. The van der Waals surface area contributed by atoms with Gasteiger partial charge in [-0.25, -0.2) is 4.79 Å². The van der Waals surface area contributed by atoms with Crippen molar-refractivity contribution in [1.82, 2.24) is 10.6 Å². The van der Waals surface area contributed by atoms with E-state index in [1.165, 1.54) is 6.92 Å². The molecule has 1 rings (SSSR count). The smallest absolute Gasteiger partial charge is 0.407 e. The fourth-order valence-corrected chi connectivity index (χ4v) is 3.37. The summed E-state index contributed by atoms with van der Waals surface area (Å²) < 4.78 is 12.5.